The zero-order chi connectivity index (χ0) is 32.2. The van der Waals surface area contributed by atoms with Crippen LogP contribution in [0.1, 0.15) is 30.5 Å². The Morgan fingerprint density at radius 1 is 0.800 bits per heavy atom. The van der Waals surface area contributed by atoms with Crippen molar-refractivity contribution in [2.75, 3.05) is 11.6 Å². The number of ether oxygens (including phenoxy) is 2. The molecule has 0 saturated carbocycles. The first kappa shape index (κ1) is 33.3. The summed E-state index contributed by atoms with van der Waals surface area (Å²) >= 11 is 1.42. The minimum atomic E-state index is -1.37. The number of ketones is 1. The van der Waals surface area contributed by atoms with E-state index in [2.05, 4.69) is 10.6 Å². The summed E-state index contributed by atoms with van der Waals surface area (Å²) in [6.45, 7) is 3.54. The number of carbonyl (C=O) groups excluding carboxylic acids is 5. The number of thioether (sulfide) groups is 1. The number of rotatable bonds is 13. The second kappa shape index (κ2) is 16.4. The lowest BCUT2D eigenvalue weighted by Crippen LogP contribution is -2.57. The van der Waals surface area contributed by atoms with Gasteiger partial charge in [0.2, 0.25) is 11.8 Å². The standard InChI is InChI=1S/C34H37N3O7S/c1-23(2)29(36-34(42)44-20-26-16-10-5-11-17-26)32(40)37-22-45-21-28(37)35-31(39)27(18-24-12-6-3-7-13-24)30(38)33(41)43-19-25-14-8-4-9-15-25/h3-17,23,27-29H,18-22H2,1-2H3,(H,35,39)(H,36,42)/t27-,28+,29-/m0/s1. The molecule has 4 rings (SSSR count). The highest BCUT2D eigenvalue weighted by atomic mass is 32.2. The summed E-state index contributed by atoms with van der Waals surface area (Å²) < 4.78 is 10.6. The van der Waals surface area contributed by atoms with Gasteiger partial charge in [-0.3, -0.25) is 14.4 Å². The Hall–Kier alpha value is -4.64. The third kappa shape index (κ3) is 9.67. The van der Waals surface area contributed by atoms with Crippen LogP contribution in [0, 0.1) is 11.8 Å². The van der Waals surface area contributed by atoms with E-state index in [4.69, 9.17) is 9.47 Å². The topological polar surface area (TPSA) is 131 Å². The number of hydrogen-bond donors (Lipinski definition) is 2. The fraction of sp³-hybridized carbons (Fsp3) is 0.324. The van der Waals surface area contributed by atoms with E-state index in [9.17, 15) is 24.0 Å². The van der Waals surface area contributed by atoms with Crippen molar-refractivity contribution in [1.29, 1.82) is 0 Å². The van der Waals surface area contributed by atoms with Crippen molar-refractivity contribution in [3.8, 4) is 0 Å². The maximum Gasteiger partial charge on any atom is 0.408 e. The van der Waals surface area contributed by atoms with E-state index < -0.39 is 47.8 Å². The van der Waals surface area contributed by atoms with E-state index in [1.165, 1.54) is 16.7 Å². The molecule has 11 heteroatoms. The van der Waals surface area contributed by atoms with Crippen molar-refractivity contribution in [3.63, 3.8) is 0 Å². The molecule has 0 radical (unpaired) electrons. The Labute approximate surface area is 266 Å². The number of alkyl carbamates (subject to hydrolysis) is 1. The van der Waals surface area contributed by atoms with Gasteiger partial charge in [0.1, 0.15) is 31.3 Å². The van der Waals surface area contributed by atoms with Crippen LogP contribution in [0.4, 0.5) is 4.79 Å². The molecule has 3 aromatic rings. The van der Waals surface area contributed by atoms with Gasteiger partial charge >= 0.3 is 12.1 Å². The number of nitrogens with zero attached hydrogens (tertiary/aromatic N) is 1. The predicted molar refractivity (Wildman–Crippen MR) is 169 cm³/mol. The van der Waals surface area contributed by atoms with Gasteiger partial charge in [0, 0.05) is 5.75 Å². The molecule has 3 amide bonds. The van der Waals surface area contributed by atoms with Crippen molar-refractivity contribution in [3.05, 3.63) is 108 Å². The zero-order valence-electron chi connectivity index (χ0n) is 25.2. The largest absolute Gasteiger partial charge is 0.455 e. The summed E-state index contributed by atoms with van der Waals surface area (Å²) in [7, 11) is 0. The van der Waals surface area contributed by atoms with E-state index in [0.29, 0.717) is 16.9 Å². The van der Waals surface area contributed by atoms with Crippen LogP contribution >= 0.6 is 11.8 Å². The lowest BCUT2D eigenvalue weighted by Gasteiger charge is -2.31. The maximum absolute atomic E-state index is 13.7. The molecule has 1 heterocycles. The minimum Gasteiger partial charge on any atom is -0.455 e. The monoisotopic (exact) mass is 631 g/mol. The third-order valence-electron chi connectivity index (χ3n) is 7.22. The Balaban J connectivity index is 1.42. The van der Waals surface area contributed by atoms with Gasteiger partial charge in [-0.15, -0.1) is 11.8 Å². The van der Waals surface area contributed by atoms with E-state index in [-0.39, 0.29) is 31.4 Å². The Morgan fingerprint density at radius 3 is 1.89 bits per heavy atom. The fourth-order valence-corrected chi connectivity index (χ4v) is 5.81. The van der Waals surface area contributed by atoms with Crippen LogP contribution in [-0.2, 0) is 48.3 Å². The second-order valence-corrected chi connectivity index (χ2v) is 11.9. The van der Waals surface area contributed by atoms with Crippen molar-refractivity contribution in [1.82, 2.24) is 15.5 Å². The lowest BCUT2D eigenvalue weighted by molar-refractivity contribution is -0.158. The molecular weight excluding hydrogens is 594 g/mol. The Morgan fingerprint density at radius 2 is 1.33 bits per heavy atom. The molecule has 0 aromatic heterocycles. The molecule has 10 nitrogen and oxygen atoms in total. The first-order chi connectivity index (χ1) is 21.7. The van der Waals surface area contributed by atoms with Crippen molar-refractivity contribution >= 4 is 41.4 Å². The summed E-state index contributed by atoms with van der Waals surface area (Å²) in [5, 5.41) is 5.47. The van der Waals surface area contributed by atoms with Gasteiger partial charge in [-0.05, 0) is 29.0 Å². The van der Waals surface area contributed by atoms with Gasteiger partial charge in [-0.25, -0.2) is 9.59 Å². The van der Waals surface area contributed by atoms with Crippen molar-refractivity contribution in [2.45, 2.75) is 45.7 Å². The first-order valence-corrected chi connectivity index (χ1v) is 15.8. The molecule has 236 valence electrons. The highest BCUT2D eigenvalue weighted by Crippen LogP contribution is 2.23. The number of nitrogens with one attached hydrogen (secondary N) is 2. The van der Waals surface area contributed by atoms with Gasteiger partial charge in [0.05, 0.1) is 5.88 Å². The molecule has 1 aliphatic rings. The number of benzene rings is 3. The quantitative estimate of drug-likeness (QED) is 0.164. The minimum absolute atomic E-state index is 0.0246. The van der Waals surface area contributed by atoms with Crippen molar-refractivity contribution < 1.29 is 33.4 Å². The number of Topliss-reactive ketones (excluding diaryl/α,β-unsaturated/α-hetero) is 1. The molecule has 0 bridgehead atoms. The molecule has 0 unspecified atom stereocenters. The van der Waals surface area contributed by atoms with Crippen LogP contribution in [0.2, 0.25) is 0 Å². The summed E-state index contributed by atoms with van der Waals surface area (Å²) in [4.78, 5) is 67.4. The van der Waals surface area contributed by atoms with Gasteiger partial charge < -0.3 is 25.0 Å². The molecule has 0 spiro atoms. The number of carbonyl (C=O) groups is 5. The average molecular weight is 632 g/mol. The zero-order valence-corrected chi connectivity index (χ0v) is 26.0. The van der Waals surface area contributed by atoms with E-state index >= 15 is 0 Å². The summed E-state index contributed by atoms with van der Waals surface area (Å²) in [6.07, 6.45) is -1.52. The van der Waals surface area contributed by atoms with Gasteiger partial charge in [0.15, 0.2) is 0 Å². The second-order valence-electron chi connectivity index (χ2n) is 10.9. The summed E-state index contributed by atoms with van der Waals surface area (Å²) in [6, 6.07) is 26.1. The predicted octanol–water partition coefficient (Wildman–Crippen LogP) is 4.08. The molecule has 1 aliphatic heterocycles. The van der Waals surface area contributed by atoms with Gasteiger partial charge in [-0.2, -0.15) is 0 Å². The maximum atomic E-state index is 13.7. The van der Waals surface area contributed by atoms with Crippen LogP contribution < -0.4 is 10.6 Å². The molecule has 1 saturated heterocycles. The number of hydrogen-bond acceptors (Lipinski definition) is 8. The number of amides is 3. The normalized spacial score (nSPS) is 15.5. The molecule has 0 aliphatic carbocycles. The SMILES string of the molecule is CC(C)[C@H](NC(=O)OCc1ccccc1)C(=O)N1CSC[C@@H]1NC(=O)[C@@H](Cc1ccccc1)C(=O)C(=O)OCc1ccccc1. The highest BCUT2D eigenvalue weighted by molar-refractivity contribution is 7.99. The smallest absolute Gasteiger partial charge is 0.408 e. The van der Waals surface area contributed by atoms with Crippen LogP contribution in [0.5, 0.6) is 0 Å². The Kier molecular flexibility index (Phi) is 12.1. The summed E-state index contributed by atoms with van der Waals surface area (Å²) in [5.74, 6) is -4.19. The van der Waals surface area contributed by atoms with E-state index in [0.717, 1.165) is 5.56 Å². The summed E-state index contributed by atoms with van der Waals surface area (Å²) in [5.41, 5.74) is 2.20. The van der Waals surface area contributed by atoms with Gasteiger partial charge in [0.25, 0.3) is 5.78 Å². The van der Waals surface area contributed by atoms with Crippen molar-refractivity contribution in [2.24, 2.45) is 11.8 Å². The molecule has 3 aromatic carbocycles. The van der Waals surface area contributed by atoms with Crippen LogP contribution in [0.25, 0.3) is 0 Å². The van der Waals surface area contributed by atoms with Crippen LogP contribution in [0.15, 0.2) is 91.0 Å². The lowest BCUT2D eigenvalue weighted by atomic mass is 9.94. The third-order valence-corrected chi connectivity index (χ3v) is 8.23. The Bertz CT molecular complexity index is 1450. The van der Waals surface area contributed by atoms with Crippen LogP contribution in [-0.4, -0.2) is 58.4 Å². The van der Waals surface area contributed by atoms with Gasteiger partial charge in [-0.1, -0.05) is 105 Å². The molecular formula is C34H37N3O7S. The van der Waals surface area contributed by atoms with Crippen LogP contribution in [0.3, 0.4) is 0 Å². The molecule has 45 heavy (non-hydrogen) atoms. The average Bonchev–Trinajstić information content (AvgIpc) is 3.52. The number of esters is 1. The molecule has 1 fully saturated rings. The first-order valence-electron chi connectivity index (χ1n) is 14.7. The highest BCUT2D eigenvalue weighted by Gasteiger charge is 2.40. The molecule has 2 N–H and O–H groups in total. The van der Waals surface area contributed by atoms with E-state index in [1.807, 2.05) is 42.5 Å². The molecule has 3 atom stereocenters. The van der Waals surface area contributed by atoms with E-state index in [1.54, 1.807) is 62.4 Å². The fourth-order valence-electron chi connectivity index (χ4n) is 4.72.